The molecule has 0 amide bonds. The average molecular weight is 348 g/mol. The van der Waals surface area contributed by atoms with E-state index in [1.807, 2.05) is 0 Å². The van der Waals surface area contributed by atoms with E-state index in [1.54, 1.807) is 0 Å². The van der Waals surface area contributed by atoms with Gasteiger partial charge in [0.15, 0.2) is 0 Å². The Balaban J connectivity index is -0.00000180. The third-order valence-corrected chi connectivity index (χ3v) is 7.18. The predicted molar refractivity (Wildman–Crippen MR) is 91.9 cm³/mol. The van der Waals surface area contributed by atoms with E-state index >= 15 is 0 Å². The minimum Gasteiger partial charge on any atom is -1.00 e. The van der Waals surface area contributed by atoms with Gasteiger partial charge >= 0.3 is 29.6 Å². The SMILES string of the molecule is CCCCCCP(CCCCCC)CCCS(=O)(=O)O.[H-].[Na+]. The molecule has 124 valence electrons. The van der Waals surface area contributed by atoms with E-state index in [0.717, 1.165) is 6.16 Å². The van der Waals surface area contributed by atoms with Crippen LogP contribution in [0, 0.1) is 0 Å². The van der Waals surface area contributed by atoms with E-state index in [9.17, 15) is 8.42 Å². The molecule has 0 aromatic rings. The minimum absolute atomic E-state index is 0. The van der Waals surface area contributed by atoms with Crippen LogP contribution in [0.3, 0.4) is 0 Å². The van der Waals surface area contributed by atoms with Crippen molar-refractivity contribution in [1.82, 2.24) is 0 Å². The van der Waals surface area contributed by atoms with Crippen LogP contribution >= 0.6 is 7.92 Å². The van der Waals surface area contributed by atoms with Gasteiger partial charge in [0.05, 0.1) is 5.75 Å². The van der Waals surface area contributed by atoms with Crippen LogP contribution in [-0.4, -0.2) is 37.2 Å². The van der Waals surface area contributed by atoms with Crippen LogP contribution in [0.2, 0.25) is 0 Å². The summed E-state index contributed by atoms with van der Waals surface area (Å²) in [7, 11) is -3.79. The molecule has 0 bridgehead atoms. The zero-order valence-electron chi connectivity index (χ0n) is 15.3. The van der Waals surface area contributed by atoms with Crippen LogP contribution in [0.4, 0.5) is 0 Å². The molecule has 0 heterocycles. The third kappa shape index (κ3) is 19.3. The zero-order chi connectivity index (χ0) is 15.3. The summed E-state index contributed by atoms with van der Waals surface area (Å²) in [5.41, 5.74) is 0. The first-order valence-electron chi connectivity index (χ1n) is 8.17. The summed E-state index contributed by atoms with van der Waals surface area (Å²) in [5.74, 6) is -0.0598. The molecule has 0 spiro atoms. The predicted octanol–water partition coefficient (Wildman–Crippen LogP) is 2.02. The summed E-state index contributed by atoms with van der Waals surface area (Å²) in [6, 6.07) is 0. The van der Waals surface area contributed by atoms with Gasteiger partial charge in [-0.15, -0.1) is 7.92 Å². The summed E-state index contributed by atoms with van der Waals surface area (Å²) < 4.78 is 30.3. The normalized spacial score (nSPS) is 11.6. The standard InChI is InChI=1S/C15H33O3PS.Na.H/c1-3-5-7-9-12-19(13-10-8-6-4-2)14-11-15-20(16,17)18;;/h3-15H2,1-2H3,(H,16,17,18);;/q;+1;-1. The summed E-state index contributed by atoms with van der Waals surface area (Å²) in [6.45, 7) is 4.44. The van der Waals surface area contributed by atoms with Crippen LogP contribution in [0.1, 0.15) is 73.1 Å². The molecule has 3 nitrogen and oxygen atoms in total. The van der Waals surface area contributed by atoms with Crippen molar-refractivity contribution in [2.24, 2.45) is 0 Å². The summed E-state index contributed by atoms with van der Waals surface area (Å²) >= 11 is 0. The zero-order valence-corrected chi connectivity index (χ0v) is 18.0. The molecule has 0 saturated carbocycles. The fourth-order valence-corrected chi connectivity index (χ4v) is 5.67. The smallest absolute Gasteiger partial charge is 1.00 e. The van der Waals surface area contributed by atoms with Gasteiger partial charge in [-0.1, -0.05) is 52.4 Å². The summed E-state index contributed by atoms with van der Waals surface area (Å²) in [6.07, 6.45) is 14.5. The maximum Gasteiger partial charge on any atom is 1.00 e. The van der Waals surface area contributed by atoms with Crippen molar-refractivity contribution in [1.29, 1.82) is 0 Å². The van der Waals surface area contributed by atoms with E-state index in [1.165, 1.54) is 63.7 Å². The molecule has 0 aliphatic heterocycles. The molecule has 0 aromatic carbocycles. The second-order valence-corrected chi connectivity index (χ2v) is 9.86. The molecule has 1 N–H and O–H groups in total. The first kappa shape index (κ1) is 24.6. The van der Waals surface area contributed by atoms with E-state index in [4.69, 9.17) is 4.55 Å². The van der Waals surface area contributed by atoms with Crippen LogP contribution in [0.15, 0.2) is 0 Å². The van der Waals surface area contributed by atoms with E-state index in [0.29, 0.717) is 6.42 Å². The first-order valence-corrected chi connectivity index (χ1v) is 11.7. The molecule has 0 fully saturated rings. The van der Waals surface area contributed by atoms with Gasteiger partial charge in [0.25, 0.3) is 10.1 Å². The second-order valence-electron chi connectivity index (χ2n) is 5.60. The van der Waals surface area contributed by atoms with Gasteiger partial charge < -0.3 is 1.43 Å². The van der Waals surface area contributed by atoms with Crippen molar-refractivity contribution >= 4 is 18.0 Å². The largest absolute Gasteiger partial charge is 1.00 e. The van der Waals surface area contributed by atoms with Crippen LogP contribution < -0.4 is 29.6 Å². The molecule has 0 radical (unpaired) electrons. The van der Waals surface area contributed by atoms with E-state index < -0.39 is 10.1 Å². The quantitative estimate of drug-likeness (QED) is 0.226. The molecule has 0 unspecified atom stereocenters. The molecule has 6 heteroatoms. The van der Waals surface area contributed by atoms with Crippen molar-refractivity contribution < 1.29 is 44.0 Å². The van der Waals surface area contributed by atoms with Crippen LogP contribution in [-0.2, 0) is 10.1 Å². The van der Waals surface area contributed by atoms with Crippen molar-refractivity contribution in [3.8, 4) is 0 Å². The van der Waals surface area contributed by atoms with Crippen LogP contribution in [0.25, 0.3) is 0 Å². The number of hydrogen-bond donors (Lipinski definition) is 1. The number of unbranched alkanes of at least 4 members (excludes halogenated alkanes) is 6. The van der Waals surface area contributed by atoms with Gasteiger partial charge in [0, 0.05) is 0 Å². The second kappa shape index (κ2) is 16.2. The fourth-order valence-electron chi connectivity index (χ4n) is 2.33. The Kier molecular flexibility index (Phi) is 19.0. The molecular formula is C15H34NaO3PS. The molecule has 0 aliphatic rings. The fraction of sp³-hybridized carbons (Fsp3) is 1.00. The minimum atomic E-state index is -3.77. The molecule has 0 saturated heterocycles. The van der Waals surface area contributed by atoms with E-state index in [-0.39, 0.29) is 44.7 Å². The Morgan fingerprint density at radius 1 is 0.810 bits per heavy atom. The number of rotatable bonds is 14. The Morgan fingerprint density at radius 2 is 1.24 bits per heavy atom. The first-order chi connectivity index (χ1) is 9.49. The Morgan fingerprint density at radius 3 is 1.62 bits per heavy atom. The van der Waals surface area contributed by atoms with Gasteiger partial charge in [0.2, 0.25) is 0 Å². The maximum atomic E-state index is 10.8. The van der Waals surface area contributed by atoms with Crippen LogP contribution in [0.5, 0.6) is 0 Å². The summed E-state index contributed by atoms with van der Waals surface area (Å²) in [5, 5.41) is 0. The van der Waals surface area contributed by atoms with Crippen molar-refractivity contribution in [3.63, 3.8) is 0 Å². The Hall–Kier alpha value is 1.34. The van der Waals surface area contributed by atoms with Gasteiger partial charge in [-0.25, -0.2) is 0 Å². The molecule has 0 atom stereocenters. The molecule has 0 aromatic heterocycles. The topological polar surface area (TPSA) is 54.4 Å². The van der Waals surface area contributed by atoms with Gasteiger partial charge in [0.1, 0.15) is 0 Å². The maximum absolute atomic E-state index is 10.8. The molecular weight excluding hydrogens is 314 g/mol. The average Bonchev–Trinajstić information content (AvgIpc) is 2.37. The third-order valence-electron chi connectivity index (χ3n) is 3.53. The molecule has 0 rings (SSSR count). The number of hydrogen-bond acceptors (Lipinski definition) is 2. The van der Waals surface area contributed by atoms with E-state index in [2.05, 4.69) is 13.8 Å². The summed E-state index contributed by atoms with van der Waals surface area (Å²) in [4.78, 5) is 0. The molecule has 21 heavy (non-hydrogen) atoms. The van der Waals surface area contributed by atoms with Crippen molar-refractivity contribution in [2.75, 3.05) is 24.2 Å². The Labute approximate surface area is 157 Å². The Bertz CT molecular complexity index is 304. The monoisotopic (exact) mass is 348 g/mol. The van der Waals surface area contributed by atoms with Gasteiger partial charge in [-0.3, -0.25) is 4.55 Å². The molecule has 0 aliphatic carbocycles. The van der Waals surface area contributed by atoms with Crippen molar-refractivity contribution in [3.05, 3.63) is 0 Å². The van der Waals surface area contributed by atoms with Crippen molar-refractivity contribution in [2.45, 2.75) is 71.6 Å². The van der Waals surface area contributed by atoms with Gasteiger partial charge in [-0.05, 0) is 37.7 Å². The van der Waals surface area contributed by atoms with Gasteiger partial charge in [-0.2, -0.15) is 8.42 Å².